The Hall–Kier alpha value is -2.83. The highest BCUT2D eigenvalue weighted by Gasteiger charge is 2.20. The largest absolute Gasteiger partial charge is 0.489 e. The van der Waals surface area contributed by atoms with E-state index in [-0.39, 0.29) is 23.9 Å². The summed E-state index contributed by atoms with van der Waals surface area (Å²) >= 11 is 0. The van der Waals surface area contributed by atoms with Gasteiger partial charge in [-0.05, 0) is 65.8 Å². The zero-order chi connectivity index (χ0) is 20.9. The maximum Gasteiger partial charge on any atom is 0.254 e. The summed E-state index contributed by atoms with van der Waals surface area (Å²) in [4.78, 5) is 26.4. The third-order valence-electron chi connectivity index (χ3n) is 4.18. The van der Waals surface area contributed by atoms with Gasteiger partial charge in [0.1, 0.15) is 18.1 Å². The molecule has 0 radical (unpaired) electrons. The van der Waals surface area contributed by atoms with Crippen LogP contribution in [-0.2, 0) is 11.4 Å². The van der Waals surface area contributed by atoms with Gasteiger partial charge in [-0.3, -0.25) is 9.59 Å². The van der Waals surface area contributed by atoms with Crippen molar-refractivity contribution in [2.75, 3.05) is 13.1 Å². The average molecular weight is 387 g/mol. The molecule has 2 amide bonds. The molecule has 1 N–H and O–H groups in total. The van der Waals surface area contributed by atoms with Crippen LogP contribution in [0, 0.1) is 13.8 Å². The van der Waals surface area contributed by atoms with Crippen LogP contribution in [0.2, 0.25) is 0 Å². The number of carbonyl (C=O) groups excluding carboxylic acids is 2. The number of nitrogens with one attached hydrogen (secondary N) is 1. The molecule has 1 aromatic carbocycles. The monoisotopic (exact) mass is 387 g/mol. The second-order valence-electron chi connectivity index (χ2n) is 7.73. The molecule has 0 fully saturated rings. The highest BCUT2D eigenvalue weighted by Crippen LogP contribution is 2.18. The zero-order valence-corrected chi connectivity index (χ0v) is 17.5. The third kappa shape index (κ3) is 5.84. The van der Waals surface area contributed by atoms with E-state index in [4.69, 9.17) is 9.26 Å². The summed E-state index contributed by atoms with van der Waals surface area (Å²) in [6.07, 6.45) is 0. The van der Waals surface area contributed by atoms with E-state index >= 15 is 0 Å². The number of benzene rings is 1. The SMILES string of the molecule is CCN(CC(=O)NC(C)(C)C)C(=O)c1ccc(OCc2c(C)noc2C)cc1. The van der Waals surface area contributed by atoms with Gasteiger partial charge in [-0.2, -0.15) is 0 Å². The minimum absolute atomic E-state index is 0.0247. The molecular weight excluding hydrogens is 358 g/mol. The van der Waals surface area contributed by atoms with E-state index < -0.39 is 0 Å². The molecule has 0 aliphatic heterocycles. The second kappa shape index (κ2) is 8.91. The topological polar surface area (TPSA) is 84.7 Å². The Morgan fingerprint density at radius 2 is 1.82 bits per heavy atom. The van der Waals surface area contributed by atoms with Crippen LogP contribution < -0.4 is 10.1 Å². The van der Waals surface area contributed by atoms with Crippen molar-refractivity contribution in [1.82, 2.24) is 15.4 Å². The summed E-state index contributed by atoms with van der Waals surface area (Å²) < 4.78 is 10.9. The maximum absolute atomic E-state index is 12.7. The van der Waals surface area contributed by atoms with Gasteiger partial charge in [-0.1, -0.05) is 5.16 Å². The first-order valence-electron chi connectivity index (χ1n) is 9.35. The molecular formula is C21H29N3O4. The van der Waals surface area contributed by atoms with Gasteiger partial charge >= 0.3 is 0 Å². The lowest BCUT2D eigenvalue weighted by Crippen LogP contribution is -2.47. The first-order valence-corrected chi connectivity index (χ1v) is 9.35. The molecule has 0 saturated heterocycles. The van der Waals surface area contributed by atoms with Gasteiger partial charge in [-0.15, -0.1) is 0 Å². The first kappa shape index (κ1) is 21.5. The minimum Gasteiger partial charge on any atom is -0.489 e. The van der Waals surface area contributed by atoms with Gasteiger partial charge in [0.15, 0.2) is 0 Å². The Kier molecular flexibility index (Phi) is 6.83. The lowest BCUT2D eigenvalue weighted by Gasteiger charge is -2.25. The summed E-state index contributed by atoms with van der Waals surface area (Å²) in [5.41, 5.74) is 1.90. The molecule has 0 aliphatic rings. The molecule has 2 rings (SSSR count). The van der Waals surface area contributed by atoms with Crippen LogP contribution in [0.3, 0.4) is 0 Å². The molecule has 2 aromatic rings. The van der Waals surface area contributed by atoms with E-state index in [9.17, 15) is 9.59 Å². The van der Waals surface area contributed by atoms with Gasteiger partial charge in [-0.25, -0.2) is 0 Å². The molecule has 28 heavy (non-hydrogen) atoms. The summed E-state index contributed by atoms with van der Waals surface area (Å²) in [5.74, 6) is 1.01. The first-order chi connectivity index (χ1) is 13.1. The molecule has 7 heteroatoms. The fourth-order valence-electron chi connectivity index (χ4n) is 2.70. The molecule has 7 nitrogen and oxygen atoms in total. The Balaban J connectivity index is 1.98. The number of carbonyl (C=O) groups is 2. The number of nitrogens with zero attached hydrogens (tertiary/aromatic N) is 2. The van der Waals surface area contributed by atoms with E-state index in [0.717, 1.165) is 17.0 Å². The maximum atomic E-state index is 12.7. The Morgan fingerprint density at radius 1 is 1.18 bits per heavy atom. The molecule has 0 aliphatic carbocycles. The second-order valence-corrected chi connectivity index (χ2v) is 7.73. The van der Waals surface area contributed by atoms with Gasteiger partial charge in [0.2, 0.25) is 5.91 Å². The van der Waals surface area contributed by atoms with Crippen LogP contribution in [0.5, 0.6) is 5.75 Å². The molecule has 1 aromatic heterocycles. The predicted octanol–water partition coefficient (Wildman–Crippen LogP) is 3.25. The lowest BCUT2D eigenvalue weighted by atomic mass is 10.1. The molecule has 0 unspecified atom stereocenters. The number of rotatable bonds is 7. The molecule has 0 atom stereocenters. The number of aromatic nitrogens is 1. The van der Waals surface area contributed by atoms with Crippen molar-refractivity contribution in [3.8, 4) is 5.75 Å². The van der Waals surface area contributed by atoms with Gasteiger partial charge in [0.25, 0.3) is 5.91 Å². The van der Waals surface area contributed by atoms with E-state index in [1.807, 2.05) is 41.5 Å². The van der Waals surface area contributed by atoms with Gasteiger partial charge < -0.3 is 19.5 Å². The van der Waals surface area contributed by atoms with Crippen molar-refractivity contribution in [2.45, 2.75) is 53.7 Å². The Labute approximate surface area is 166 Å². The number of hydrogen-bond acceptors (Lipinski definition) is 5. The van der Waals surface area contributed by atoms with Crippen molar-refractivity contribution in [1.29, 1.82) is 0 Å². The molecule has 0 saturated carbocycles. The number of amides is 2. The van der Waals surface area contributed by atoms with Crippen molar-refractivity contribution in [3.63, 3.8) is 0 Å². The van der Waals surface area contributed by atoms with Gasteiger partial charge in [0, 0.05) is 17.6 Å². The van der Waals surface area contributed by atoms with Crippen LogP contribution in [0.4, 0.5) is 0 Å². The van der Waals surface area contributed by atoms with Crippen molar-refractivity contribution in [2.24, 2.45) is 0 Å². The summed E-state index contributed by atoms with van der Waals surface area (Å²) in [6, 6.07) is 6.90. The minimum atomic E-state index is -0.334. The van der Waals surface area contributed by atoms with Crippen LogP contribution in [0.25, 0.3) is 0 Å². The number of ether oxygens (including phenoxy) is 1. The van der Waals surface area contributed by atoms with Crippen LogP contribution >= 0.6 is 0 Å². The summed E-state index contributed by atoms with van der Waals surface area (Å²) in [6.45, 7) is 12.1. The number of hydrogen-bond donors (Lipinski definition) is 1. The molecule has 1 heterocycles. The van der Waals surface area contributed by atoms with E-state index in [1.165, 1.54) is 4.90 Å². The average Bonchev–Trinajstić information content (AvgIpc) is 2.94. The predicted molar refractivity (Wildman–Crippen MR) is 106 cm³/mol. The van der Waals surface area contributed by atoms with Crippen molar-refractivity contribution < 1.29 is 18.8 Å². The lowest BCUT2D eigenvalue weighted by molar-refractivity contribution is -0.123. The van der Waals surface area contributed by atoms with E-state index in [1.54, 1.807) is 24.3 Å². The fourth-order valence-corrected chi connectivity index (χ4v) is 2.70. The normalized spacial score (nSPS) is 11.2. The number of likely N-dealkylation sites (N-methyl/N-ethyl adjacent to an activating group) is 1. The smallest absolute Gasteiger partial charge is 0.254 e. The van der Waals surface area contributed by atoms with Crippen molar-refractivity contribution in [3.05, 3.63) is 46.8 Å². The Bertz CT molecular complexity index is 800. The van der Waals surface area contributed by atoms with Crippen molar-refractivity contribution >= 4 is 11.8 Å². The van der Waals surface area contributed by atoms with Crippen LogP contribution in [0.1, 0.15) is 55.1 Å². The van der Waals surface area contributed by atoms with E-state index in [0.29, 0.717) is 24.5 Å². The standard InChI is InChI=1S/C21H29N3O4/c1-7-24(12-19(25)22-21(4,5)6)20(26)16-8-10-17(11-9-16)27-13-18-14(2)23-28-15(18)3/h8-11H,7,12-13H2,1-6H3,(H,22,25). The van der Waals surface area contributed by atoms with Crippen LogP contribution in [-0.4, -0.2) is 40.5 Å². The third-order valence-corrected chi connectivity index (χ3v) is 4.18. The number of aryl methyl sites for hydroxylation is 2. The van der Waals surface area contributed by atoms with E-state index in [2.05, 4.69) is 10.5 Å². The fraction of sp³-hybridized carbons (Fsp3) is 0.476. The van der Waals surface area contributed by atoms with Crippen LogP contribution in [0.15, 0.2) is 28.8 Å². The molecule has 0 spiro atoms. The summed E-state index contributed by atoms with van der Waals surface area (Å²) in [7, 11) is 0. The van der Waals surface area contributed by atoms with Gasteiger partial charge in [0.05, 0.1) is 17.8 Å². The molecule has 0 bridgehead atoms. The summed E-state index contributed by atoms with van der Waals surface area (Å²) in [5, 5.41) is 6.78. The quantitative estimate of drug-likeness (QED) is 0.788. The Morgan fingerprint density at radius 3 is 2.32 bits per heavy atom. The highest BCUT2D eigenvalue weighted by atomic mass is 16.5. The zero-order valence-electron chi connectivity index (χ0n) is 17.5. The molecule has 152 valence electrons. The highest BCUT2D eigenvalue weighted by molar-refractivity contribution is 5.96.